The van der Waals surface area contributed by atoms with Crippen molar-refractivity contribution in [3.63, 3.8) is 0 Å². The molecular weight excluding hydrogens is 396 g/mol. The van der Waals surface area contributed by atoms with E-state index in [1.165, 1.54) is 7.05 Å². The number of hydrogen-bond donors (Lipinski definition) is 2. The summed E-state index contributed by atoms with van der Waals surface area (Å²) in [7, 11) is 1.45. The van der Waals surface area contributed by atoms with Gasteiger partial charge in [0, 0.05) is 30.1 Å². The van der Waals surface area contributed by atoms with Crippen LogP contribution in [0.1, 0.15) is 13.8 Å². The van der Waals surface area contributed by atoms with Gasteiger partial charge < -0.3 is 5.11 Å². The number of pyridine rings is 1. The number of aromatic nitrogens is 5. The van der Waals surface area contributed by atoms with Crippen molar-refractivity contribution >= 4 is 22.7 Å². The van der Waals surface area contributed by atoms with Gasteiger partial charge in [0.05, 0.1) is 0 Å². The van der Waals surface area contributed by atoms with E-state index in [-0.39, 0.29) is 11.5 Å². The molecular formula is C22H22N6O3. The standard InChI is InChI=1S/C22H22N6O3/c1-13(2)12-28-20(27(3)22(30)31)18(14-7-5-4-6-8-14)17-11-15(19-23-25-26-24-19)9-10-16(17)21(28)29/h4-11,13H,12H2,1-3H3,(H,30,31)(H,23,24,25,26). The van der Waals surface area contributed by atoms with Gasteiger partial charge in [-0.05, 0) is 34.2 Å². The molecule has 0 bridgehead atoms. The number of nitrogens with zero attached hydrogens (tertiary/aromatic N) is 5. The van der Waals surface area contributed by atoms with Gasteiger partial charge in [0.25, 0.3) is 5.56 Å². The number of benzene rings is 2. The minimum absolute atomic E-state index is 0.137. The lowest BCUT2D eigenvalue weighted by atomic mass is 9.96. The van der Waals surface area contributed by atoms with Crippen molar-refractivity contribution in [1.82, 2.24) is 25.2 Å². The summed E-state index contributed by atoms with van der Waals surface area (Å²) in [4.78, 5) is 26.6. The van der Waals surface area contributed by atoms with Crippen LogP contribution in [0.25, 0.3) is 33.3 Å². The lowest BCUT2D eigenvalue weighted by Crippen LogP contribution is -2.34. The van der Waals surface area contributed by atoms with Gasteiger partial charge >= 0.3 is 6.09 Å². The quantitative estimate of drug-likeness (QED) is 0.511. The first-order chi connectivity index (χ1) is 14.9. The number of anilines is 1. The average molecular weight is 418 g/mol. The molecule has 4 aromatic rings. The highest BCUT2D eigenvalue weighted by Gasteiger charge is 2.25. The predicted octanol–water partition coefficient (Wildman–Crippen LogP) is 3.62. The van der Waals surface area contributed by atoms with Gasteiger partial charge in [-0.3, -0.25) is 14.3 Å². The second-order valence-corrected chi connectivity index (χ2v) is 7.71. The Balaban J connectivity index is 2.17. The van der Waals surface area contributed by atoms with E-state index in [0.29, 0.717) is 40.1 Å². The number of nitrogens with one attached hydrogen (secondary N) is 1. The summed E-state index contributed by atoms with van der Waals surface area (Å²) in [6.45, 7) is 4.36. The van der Waals surface area contributed by atoms with Crippen LogP contribution < -0.4 is 10.5 Å². The lowest BCUT2D eigenvalue weighted by Gasteiger charge is -2.26. The minimum atomic E-state index is -1.15. The molecule has 9 heteroatoms. The summed E-state index contributed by atoms with van der Waals surface area (Å²) >= 11 is 0. The van der Waals surface area contributed by atoms with E-state index >= 15 is 0 Å². The first-order valence-corrected chi connectivity index (χ1v) is 9.85. The summed E-state index contributed by atoms with van der Waals surface area (Å²) in [6.07, 6.45) is -1.15. The van der Waals surface area contributed by atoms with E-state index in [0.717, 1.165) is 10.5 Å². The summed E-state index contributed by atoms with van der Waals surface area (Å²) in [6, 6.07) is 14.8. The molecule has 0 aliphatic rings. The third-order valence-corrected chi connectivity index (χ3v) is 5.06. The molecule has 0 aliphatic carbocycles. The Morgan fingerprint density at radius 3 is 2.48 bits per heavy atom. The van der Waals surface area contributed by atoms with Gasteiger partial charge in [0.1, 0.15) is 5.82 Å². The lowest BCUT2D eigenvalue weighted by molar-refractivity contribution is 0.203. The maximum absolute atomic E-state index is 13.5. The van der Waals surface area contributed by atoms with E-state index in [1.807, 2.05) is 50.2 Å². The Hall–Kier alpha value is -4.01. The summed E-state index contributed by atoms with van der Waals surface area (Å²) < 4.78 is 1.55. The third-order valence-electron chi connectivity index (χ3n) is 5.06. The molecule has 2 heterocycles. The maximum Gasteiger partial charge on any atom is 0.412 e. The van der Waals surface area contributed by atoms with Crippen LogP contribution in [0, 0.1) is 5.92 Å². The van der Waals surface area contributed by atoms with Crippen LogP contribution in [0.5, 0.6) is 0 Å². The topological polar surface area (TPSA) is 117 Å². The SMILES string of the molecule is CC(C)Cn1c(N(C)C(=O)O)c(-c2ccccc2)c2cc(-c3nn[nH]n3)ccc2c1=O. The molecule has 0 saturated heterocycles. The molecule has 158 valence electrons. The van der Waals surface area contributed by atoms with Gasteiger partial charge in [-0.1, -0.05) is 50.2 Å². The minimum Gasteiger partial charge on any atom is -0.465 e. The molecule has 1 amide bonds. The molecule has 0 radical (unpaired) electrons. The van der Waals surface area contributed by atoms with Crippen LogP contribution in [-0.4, -0.2) is 43.4 Å². The average Bonchev–Trinajstić information content (AvgIpc) is 3.30. The Kier molecular flexibility index (Phi) is 5.24. The largest absolute Gasteiger partial charge is 0.465 e. The van der Waals surface area contributed by atoms with Crippen molar-refractivity contribution in [3.05, 3.63) is 58.9 Å². The summed E-state index contributed by atoms with van der Waals surface area (Å²) in [5.74, 6) is 0.855. The van der Waals surface area contributed by atoms with Crippen LogP contribution >= 0.6 is 0 Å². The number of aromatic amines is 1. The second-order valence-electron chi connectivity index (χ2n) is 7.71. The molecule has 0 atom stereocenters. The van der Waals surface area contributed by atoms with Crippen LogP contribution in [0.4, 0.5) is 10.6 Å². The van der Waals surface area contributed by atoms with Crippen LogP contribution in [-0.2, 0) is 6.54 Å². The number of amides is 1. The molecule has 0 fully saturated rings. The highest BCUT2D eigenvalue weighted by molar-refractivity contribution is 6.05. The molecule has 0 unspecified atom stereocenters. The normalized spacial score (nSPS) is 11.2. The third kappa shape index (κ3) is 3.65. The second kappa shape index (κ2) is 8.02. The maximum atomic E-state index is 13.5. The Labute approximate surface area is 177 Å². The van der Waals surface area contributed by atoms with Gasteiger partial charge in [-0.15, -0.1) is 10.2 Å². The molecule has 31 heavy (non-hydrogen) atoms. The molecule has 0 aliphatic heterocycles. The van der Waals surface area contributed by atoms with Gasteiger partial charge in [0.15, 0.2) is 0 Å². The van der Waals surface area contributed by atoms with Gasteiger partial charge in [-0.2, -0.15) is 5.21 Å². The summed E-state index contributed by atoms with van der Waals surface area (Å²) in [5, 5.41) is 25.0. The zero-order valence-electron chi connectivity index (χ0n) is 17.4. The number of carbonyl (C=O) groups is 1. The highest BCUT2D eigenvalue weighted by atomic mass is 16.4. The zero-order chi connectivity index (χ0) is 22.1. The molecule has 4 rings (SSSR count). The number of fused-ring (bicyclic) bond motifs is 1. The smallest absolute Gasteiger partial charge is 0.412 e. The Morgan fingerprint density at radius 2 is 1.87 bits per heavy atom. The molecule has 9 nitrogen and oxygen atoms in total. The highest BCUT2D eigenvalue weighted by Crippen LogP contribution is 2.37. The first-order valence-electron chi connectivity index (χ1n) is 9.85. The zero-order valence-corrected chi connectivity index (χ0v) is 17.4. The number of rotatable bonds is 5. The number of carboxylic acid groups (broad SMARTS) is 1. The first kappa shape index (κ1) is 20.3. The van der Waals surface area contributed by atoms with E-state index in [1.54, 1.807) is 16.7 Å². The Morgan fingerprint density at radius 1 is 1.13 bits per heavy atom. The van der Waals surface area contributed by atoms with Crippen molar-refractivity contribution in [1.29, 1.82) is 0 Å². The number of hydrogen-bond acceptors (Lipinski definition) is 5. The van der Waals surface area contributed by atoms with E-state index in [2.05, 4.69) is 20.6 Å². The van der Waals surface area contributed by atoms with E-state index < -0.39 is 6.09 Å². The summed E-state index contributed by atoms with van der Waals surface area (Å²) in [5.41, 5.74) is 1.89. The fourth-order valence-electron chi connectivity index (χ4n) is 3.72. The van der Waals surface area contributed by atoms with E-state index in [4.69, 9.17) is 0 Å². The van der Waals surface area contributed by atoms with E-state index in [9.17, 15) is 14.7 Å². The molecule has 2 N–H and O–H groups in total. The Bertz CT molecular complexity index is 1300. The van der Waals surface area contributed by atoms with Crippen molar-refractivity contribution < 1.29 is 9.90 Å². The number of tetrazole rings is 1. The van der Waals surface area contributed by atoms with Crippen molar-refractivity contribution in [2.75, 3.05) is 11.9 Å². The number of H-pyrrole nitrogens is 1. The van der Waals surface area contributed by atoms with Crippen molar-refractivity contribution in [2.45, 2.75) is 20.4 Å². The predicted molar refractivity (Wildman–Crippen MR) is 118 cm³/mol. The van der Waals surface area contributed by atoms with Crippen LogP contribution in [0.15, 0.2) is 53.3 Å². The molecule has 2 aromatic carbocycles. The molecule has 0 saturated carbocycles. The molecule has 2 aromatic heterocycles. The van der Waals surface area contributed by atoms with Gasteiger partial charge in [-0.25, -0.2) is 4.79 Å². The fourth-order valence-corrected chi connectivity index (χ4v) is 3.72. The van der Waals surface area contributed by atoms with Crippen molar-refractivity contribution in [3.8, 4) is 22.5 Å². The van der Waals surface area contributed by atoms with Crippen LogP contribution in [0.2, 0.25) is 0 Å². The monoisotopic (exact) mass is 418 g/mol. The van der Waals surface area contributed by atoms with Gasteiger partial charge in [0.2, 0.25) is 5.82 Å². The molecule has 0 spiro atoms. The van der Waals surface area contributed by atoms with Crippen LogP contribution in [0.3, 0.4) is 0 Å². The fraction of sp³-hybridized carbons (Fsp3) is 0.227. The van der Waals surface area contributed by atoms with Crippen molar-refractivity contribution in [2.24, 2.45) is 5.92 Å².